The minimum Gasteiger partial charge on any atom is -0.479 e. The first-order valence-electron chi connectivity index (χ1n) is 18.3. The third-order valence-electron chi connectivity index (χ3n) is 11.1. The van der Waals surface area contributed by atoms with E-state index in [1.165, 1.54) is 11.1 Å². The van der Waals surface area contributed by atoms with Crippen molar-refractivity contribution in [3.8, 4) is 11.1 Å². The predicted octanol–water partition coefficient (Wildman–Crippen LogP) is 6.81. The van der Waals surface area contributed by atoms with E-state index in [1.54, 1.807) is 0 Å². The third kappa shape index (κ3) is 7.47. The molecule has 3 aliphatic heterocycles. The normalized spacial score (nSPS) is 22.0. The first-order chi connectivity index (χ1) is 23.5. The topological polar surface area (TPSA) is 98.2 Å². The molecule has 1 aromatic carbocycles. The lowest BCUT2D eigenvalue weighted by atomic mass is 9.81. The highest BCUT2D eigenvalue weighted by Gasteiger charge is 2.37. The number of nitrogens with zero attached hydrogens (tertiary/aromatic N) is 7. The van der Waals surface area contributed by atoms with E-state index in [0.717, 1.165) is 92.8 Å². The number of pyridine rings is 1. The van der Waals surface area contributed by atoms with E-state index in [9.17, 15) is 9.90 Å². The molecule has 2 aromatic heterocycles. The molecular formula is C40H57N7O3. The van der Waals surface area contributed by atoms with Crippen molar-refractivity contribution in [3.05, 3.63) is 58.5 Å². The predicted molar refractivity (Wildman–Crippen MR) is 201 cm³/mol. The maximum absolute atomic E-state index is 12.9. The molecule has 270 valence electrons. The molecule has 0 aliphatic carbocycles. The molecule has 10 heteroatoms. The summed E-state index contributed by atoms with van der Waals surface area (Å²) in [6, 6.07) is 9.67. The number of carbonyl (C=O) groups is 1. The second-order valence-corrected chi connectivity index (χ2v) is 16.7. The maximum atomic E-state index is 12.9. The Morgan fingerprint density at radius 1 is 0.940 bits per heavy atom. The molecule has 0 saturated carbocycles. The van der Waals surface area contributed by atoms with Gasteiger partial charge in [-0.05, 0) is 103 Å². The minimum atomic E-state index is -1.13. The SMILES string of the molecule is Cc1nc(C)c([C@H](OC(C)(C)C)C(=O)O)c(N2CCC(C)(C)CC2)c1-c1ccc2c(c1)CCN(c1nccc(N3C[C@@H](C)N(C)[C@@H](C)C3)n1)C2. The van der Waals surface area contributed by atoms with E-state index in [-0.39, 0.29) is 5.41 Å². The van der Waals surface area contributed by atoms with Crippen LogP contribution in [-0.4, -0.2) is 88.4 Å². The molecule has 0 amide bonds. The van der Waals surface area contributed by atoms with Crippen molar-refractivity contribution in [2.45, 2.75) is 112 Å². The Bertz CT molecular complexity index is 1710. The zero-order valence-electron chi connectivity index (χ0n) is 31.9. The van der Waals surface area contributed by atoms with Gasteiger partial charge in [-0.15, -0.1) is 0 Å². The van der Waals surface area contributed by atoms with Crippen LogP contribution < -0.4 is 14.7 Å². The van der Waals surface area contributed by atoms with Gasteiger partial charge < -0.3 is 24.5 Å². The zero-order chi connectivity index (χ0) is 36.1. The molecule has 0 unspecified atom stereocenters. The van der Waals surface area contributed by atoms with Gasteiger partial charge in [-0.3, -0.25) is 9.88 Å². The number of ether oxygens (including phenoxy) is 1. The Balaban J connectivity index is 1.35. The number of carboxylic acid groups (broad SMARTS) is 1. The van der Waals surface area contributed by atoms with Gasteiger partial charge in [0.1, 0.15) is 5.82 Å². The largest absolute Gasteiger partial charge is 0.479 e. The van der Waals surface area contributed by atoms with E-state index >= 15 is 0 Å². The summed E-state index contributed by atoms with van der Waals surface area (Å²) in [5, 5.41) is 10.6. The number of benzene rings is 1. The van der Waals surface area contributed by atoms with Crippen molar-refractivity contribution >= 4 is 23.4 Å². The van der Waals surface area contributed by atoms with Gasteiger partial charge in [0.2, 0.25) is 5.95 Å². The molecule has 10 nitrogen and oxygen atoms in total. The molecule has 1 N–H and O–H groups in total. The van der Waals surface area contributed by atoms with Crippen LogP contribution in [0.1, 0.15) is 95.5 Å². The average molecular weight is 684 g/mol. The van der Waals surface area contributed by atoms with Crippen molar-refractivity contribution < 1.29 is 14.6 Å². The van der Waals surface area contributed by atoms with Crippen LogP contribution in [0, 0.1) is 19.3 Å². The van der Waals surface area contributed by atoms with Gasteiger partial charge in [0.05, 0.1) is 11.3 Å². The second kappa shape index (κ2) is 13.8. The number of likely N-dealkylation sites (N-methyl/N-ethyl adjacent to an activating group) is 1. The summed E-state index contributed by atoms with van der Waals surface area (Å²) in [6.07, 6.45) is 3.68. The molecule has 3 aromatic rings. The number of piperidine rings is 1. The highest BCUT2D eigenvalue weighted by molar-refractivity contribution is 5.88. The Kier molecular flexibility index (Phi) is 9.91. The fourth-order valence-electron chi connectivity index (χ4n) is 7.89. The number of rotatable bonds is 7. The van der Waals surface area contributed by atoms with Gasteiger partial charge in [0.15, 0.2) is 6.10 Å². The summed E-state index contributed by atoms with van der Waals surface area (Å²) in [5.41, 5.74) is 7.45. The second-order valence-electron chi connectivity index (χ2n) is 16.7. The molecule has 50 heavy (non-hydrogen) atoms. The van der Waals surface area contributed by atoms with E-state index < -0.39 is 17.7 Å². The van der Waals surface area contributed by atoms with E-state index in [2.05, 4.69) is 79.5 Å². The number of fused-ring (bicyclic) bond motifs is 1. The maximum Gasteiger partial charge on any atom is 0.337 e. The summed E-state index contributed by atoms with van der Waals surface area (Å²) in [5.74, 6) is 0.769. The molecule has 3 aliphatic rings. The molecule has 5 heterocycles. The van der Waals surface area contributed by atoms with Crippen molar-refractivity contribution in [3.63, 3.8) is 0 Å². The summed E-state index contributed by atoms with van der Waals surface area (Å²) < 4.78 is 6.29. The van der Waals surface area contributed by atoms with Crippen LogP contribution in [0.4, 0.5) is 17.5 Å². The number of piperazine rings is 1. The zero-order valence-corrected chi connectivity index (χ0v) is 31.9. The van der Waals surface area contributed by atoms with Crippen LogP contribution in [-0.2, 0) is 22.5 Å². The van der Waals surface area contributed by atoms with Crippen LogP contribution in [0.25, 0.3) is 11.1 Å². The van der Waals surface area contributed by atoms with Gasteiger partial charge >= 0.3 is 5.97 Å². The number of hydrogen-bond acceptors (Lipinski definition) is 9. The first-order valence-corrected chi connectivity index (χ1v) is 18.3. The quantitative estimate of drug-likeness (QED) is 0.286. The van der Waals surface area contributed by atoms with Crippen molar-refractivity contribution in [2.75, 3.05) is 54.5 Å². The van der Waals surface area contributed by atoms with Crippen LogP contribution in [0.2, 0.25) is 0 Å². The smallest absolute Gasteiger partial charge is 0.337 e. The van der Waals surface area contributed by atoms with E-state index in [1.807, 2.05) is 40.0 Å². The number of anilines is 3. The molecule has 2 saturated heterocycles. The van der Waals surface area contributed by atoms with Gasteiger partial charge in [0, 0.05) is 80.1 Å². The van der Waals surface area contributed by atoms with Gasteiger partial charge in [0.25, 0.3) is 0 Å². The molecule has 3 atom stereocenters. The number of aliphatic carboxylic acids is 1. The fraction of sp³-hybridized carbons (Fsp3) is 0.600. The summed E-state index contributed by atoms with van der Waals surface area (Å²) in [7, 11) is 2.20. The Hall–Kier alpha value is -3.76. The summed E-state index contributed by atoms with van der Waals surface area (Å²) >= 11 is 0. The Labute approximate surface area is 298 Å². The van der Waals surface area contributed by atoms with Crippen molar-refractivity contribution in [1.29, 1.82) is 0 Å². The highest BCUT2D eigenvalue weighted by atomic mass is 16.5. The van der Waals surface area contributed by atoms with Crippen LogP contribution in [0.15, 0.2) is 30.5 Å². The first kappa shape index (κ1) is 36.0. The number of aryl methyl sites for hydroxylation is 2. The molecule has 0 radical (unpaired) electrons. The number of hydrogen-bond donors (Lipinski definition) is 1. The lowest BCUT2D eigenvalue weighted by molar-refractivity contribution is -0.160. The lowest BCUT2D eigenvalue weighted by Crippen LogP contribution is -2.55. The lowest BCUT2D eigenvalue weighted by Gasteiger charge is -2.43. The van der Waals surface area contributed by atoms with Crippen molar-refractivity contribution in [2.24, 2.45) is 5.41 Å². The average Bonchev–Trinajstić information content (AvgIpc) is 3.05. The van der Waals surface area contributed by atoms with Crippen LogP contribution in [0.3, 0.4) is 0 Å². The van der Waals surface area contributed by atoms with Gasteiger partial charge in [-0.1, -0.05) is 32.0 Å². The molecule has 2 fully saturated rings. The van der Waals surface area contributed by atoms with E-state index in [4.69, 9.17) is 19.7 Å². The molecule has 6 rings (SSSR count). The highest BCUT2D eigenvalue weighted by Crippen LogP contribution is 2.45. The molecular weight excluding hydrogens is 626 g/mol. The van der Waals surface area contributed by atoms with Crippen molar-refractivity contribution in [1.82, 2.24) is 19.9 Å². The molecule has 0 spiro atoms. The van der Waals surface area contributed by atoms with Crippen LogP contribution >= 0.6 is 0 Å². The number of carboxylic acids is 1. The van der Waals surface area contributed by atoms with Crippen LogP contribution in [0.5, 0.6) is 0 Å². The van der Waals surface area contributed by atoms with Gasteiger partial charge in [-0.25, -0.2) is 9.78 Å². The monoisotopic (exact) mass is 683 g/mol. The summed E-state index contributed by atoms with van der Waals surface area (Å²) in [4.78, 5) is 37.2. The van der Waals surface area contributed by atoms with Gasteiger partial charge in [-0.2, -0.15) is 4.98 Å². The molecule has 0 bridgehead atoms. The third-order valence-corrected chi connectivity index (χ3v) is 11.1. The van der Waals surface area contributed by atoms with E-state index in [0.29, 0.717) is 23.3 Å². The summed E-state index contributed by atoms with van der Waals surface area (Å²) in [6.45, 7) is 24.0. The standard InChI is InChI=1S/C40H57N7O3/c1-25-22-47(23-26(2)44(25)10)32-13-17-41-38(43-32)46-18-14-29-21-30(11-12-31(29)24-46)33-27(3)42-28(4)34(36(37(48)49)50-39(5,6)7)35(33)45-19-15-40(8,9)16-20-45/h11-13,17,21,25-26,36H,14-16,18-20,22-24H2,1-10H3,(H,48,49)/t25-,26+,36-/m0/s1. The Morgan fingerprint density at radius 2 is 1.62 bits per heavy atom. The minimum absolute atomic E-state index is 0.240. The number of aromatic nitrogens is 3. The Morgan fingerprint density at radius 3 is 2.26 bits per heavy atom. The fourth-order valence-corrected chi connectivity index (χ4v) is 7.89.